The molecular weight excluding hydrogens is 326 g/mol. The summed E-state index contributed by atoms with van der Waals surface area (Å²) >= 11 is 0. The van der Waals surface area contributed by atoms with E-state index >= 15 is 0 Å². The predicted molar refractivity (Wildman–Crippen MR) is 99.9 cm³/mol. The molecule has 0 saturated carbocycles. The third-order valence-electron chi connectivity index (χ3n) is 4.09. The zero-order valence-corrected chi connectivity index (χ0v) is 14.8. The minimum atomic E-state index is 0.631. The minimum Gasteiger partial charge on any atom is -0.468 e. The number of nitrogens with zero attached hydrogens (tertiary/aromatic N) is 5. The SMILES string of the molecule is C#CCN(CCCCCn1nnc(-c2ccccc2)n1)Cc1ccco1. The van der Waals surface area contributed by atoms with E-state index in [4.69, 9.17) is 10.8 Å². The Morgan fingerprint density at radius 3 is 2.73 bits per heavy atom. The first-order valence-electron chi connectivity index (χ1n) is 8.86. The number of rotatable bonds is 10. The van der Waals surface area contributed by atoms with Crippen LogP contribution in [-0.2, 0) is 13.1 Å². The van der Waals surface area contributed by atoms with Crippen LogP contribution >= 0.6 is 0 Å². The van der Waals surface area contributed by atoms with Crippen LogP contribution in [0, 0.1) is 12.3 Å². The fourth-order valence-corrected chi connectivity index (χ4v) is 2.77. The Kier molecular flexibility index (Phi) is 6.57. The average Bonchev–Trinajstić information content (AvgIpc) is 3.34. The highest BCUT2D eigenvalue weighted by Gasteiger charge is 2.07. The zero-order chi connectivity index (χ0) is 18.0. The standard InChI is InChI=1S/C20H23N5O/c1-2-13-24(17-19-12-9-16-26-19)14-7-4-8-15-25-22-20(21-23-25)18-10-5-3-6-11-18/h1,3,5-6,9-12,16H,4,7-8,13-15,17H2. The summed E-state index contributed by atoms with van der Waals surface area (Å²) < 4.78 is 5.40. The number of aryl methyl sites for hydroxylation is 1. The number of unbranched alkanes of at least 4 members (excludes halogenated alkanes) is 2. The van der Waals surface area contributed by atoms with Crippen molar-refractivity contribution < 1.29 is 4.42 Å². The molecule has 0 unspecified atom stereocenters. The van der Waals surface area contributed by atoms with Gasteiger partial charge >= 0.3 is 0 Å². The maximum Gasteiger partial charge on any atom is 0.204 e. The molecular formula is C20H23N5O. The second kappa shape index (κ2) is 9.54. The minimum absolute atomic E-state index is 0.631. The Morgan fingerprint density at radius 2 is 1.96 bits per heavy atom. The number of hydrogen-bond acceptors (Lipinski definition) is 5. The number of tetrazole rings is 1. The number of hydrogen-bond donors (Lipinski definition) is 0. The molecule has 0 atom stereocenters. The third kappa shape index (κ3) is 5.30. The van der Waals surface area contributed by atoms with Crippen molar-refractivity contribution >= 4 is 0 Å². The van der Waals surface area contributed by atoms with Crippen LogP contribution in [0.4, 0.5) is 0 Å². The van der Waals surface area contributed by atoms with Gasteiger partial charge in [-0.2, -0.15) is 4.80 Å². The first-order chi connectivity index (χ1) is 12.8. The summed E-state index contributed by atoms with van der Waals surface area (Å²) in [5, 5.41) is 12.7. The summed E-state index contributed by atoms with van der Waals surface area (Å²) in [5.74, 6) is 4.33. The molecule has 6 heteroatoms. The molecule has 0 bridgehead atoms. The van der Waals surface area contributed by atoms with Crippen LogP contribution in [0.1, 0.15) is 25.0 Å². The molecule has 3 aromatic rings. The fraction of sp³-hybridized carbons (Fsp3) is 0.350. The zero-order valence-electron chi connectivity index (χ0n) is 14.8. The summed E-state index contributed by atoms with van der Waals surface area (Å²) in [6, 6.07) is 13.8. The molecule has 1 aromatic carbocycles. The normalized spacial score (nSPS) is 10.9. The van der Waals surface area contributed by atoms with Crippen molar-refractivity contribution in [3.63, 3.8) is 0 Å². The van der Waals surface area contributed by atoms with E-state index in [0.717, 1.165) is 50.2 Å². The van der Waals surface area contributed by atoms with Crippen molar-refractivity contribution in [3.8, 4) is 23.7 Å². The Balaban J connectivity index is 1.38. The van der Waals surface area contributed by atoms with Gasteiger partial charge in [-0.15, -0.1) is 16.6 Å². The largest absolute Gasteiger partial charge is 0.468 e. The van der Waals surface area contributed by atoms with Crippen molar-refractivity contribution in [2.24, 2.45) is 0 Å². The molecule has 0 amide bonds. The summed E-state index contributed by atoms with van der Waals surface area (Å²) in [4.78, 5) is 3.89. The molecule has 0 fully saturated rings. The van der Waals surface area contributed by atoms with E-state index in [9.17, 15) is 0 Å². The van der Waals surface area contributed by atoms with Gasteiger partial charge < -0.3 is 4.42 Å². The maximum absolute atomic E-state index is 5.47. The van der Waals surface area contributed by atoms with Crippen LogP contribution in [0.3, 0.4) is 0 Å². The first-order valence-corrected chi connectivity index (χ1v) is 8.86. The van der Waals surface area contributed by atoms with Gasteiger partial charge in [-0.1, -0.05) is 42.7 Å². The predicted octanol–water partition coefficient (Wildman–Crippen LogP) is 3.24. The first kappa shape index (κ1) is 17.9. The van der Waals surface area contributed by atoms with Crippen molar-refractivity contribution in [1.82, 2.24) is 25.1 Å². The van der Waals surface area contributed by atoms with Gasteiger partial charge in [-0.05, 0) is 36.7 Å². The van der Waals surface area contributed by atoms with E-state index in [0.29, 0.717) is 12.4 Å². The van der Waals surface area contributed by atoms with E-state index in [2.05, 4.69) is 26.2 Å². The van der Waals surface area contributed by atoms with Gasteiger partial charge in [0.2, 0.25) is 5.82 Å². The number of benzene rings is 1. The second-order valence-corrected chi connectivity index (χ2v) is 6.13. The Hall–Kier alpha value is -2.91. The average molecular weight is 349 g/mol. The molecule has 0 saturated heterocycles. The van der Waals surface area contributed by atoms with Crippen molar-refractivity contribution in [1.29, 1.82) is 0 Å². The highest BCUT2D eigenvalue weighted by Crippen LogP contribution is 2.12. The van der Waals surface area contributed by atoms with Crippen LogP contribution in [0.25, 0.3) is 11.4 Å². The lowest BCUT2D eigenvalue weighted by molar-refractivity contribution is 0.264. The van der Waals surface area contributed by atoms with Gasteiger partial charge in [0.05, 0.1) is 25.9 Å². The Labute approximate surface area is 153 Å². The van der Waals surface area contributed by atoms with Crippen molar-refractivity contribution in [2.45, 2.75) is 32.4 Å². The van der Waals surface area contributed by atoms with Crippen LogP contribution in [-0.4, -0.2) is 38.2 Å². The highest BCUT2D eigenvalue weighted by molar-refractivity contribution is 5.52. The third-order valence-corrected chi connectivity index (χ3v) is 4.09. The smallest absolute Gasteiger partial charge is 0.204 e. The van der Waals surface area contributed by atoms with E-state index in [1.54, 1.807) is 11.1 Å². The van der Waals surface area contributed by atoms with Gasteiger partial charge in [0.25, 0.3) is 0 Å². The van der Waals surface area contributed by atoms with Crippen molar-refractivity contribution in [3.05, 3.63) is 54.5 Å². The quantitative estimate of drug-likeness (QED) is 0.415. The van der Waals surface area contributed by atoms with Gasteiger partial charge in [-0.25, -0.2) is 0 Å². The highest BCUT2D eigenvalue weighted by atomic mass is 16.3. The molecule has 26 heavy (non-hydrogen) atoms. The van der Waals surface area contributed by atoms with E-state index in [1.807, 2.05) is 42.5 Å². The van der Waals surface area contributed by atoms with Gasteiger partial charge in [0.1, 0.15) is 5.76 Å². The van der Waals surface area contributed by atoms with Gasteiger partial charge in [0.15, 0.2) is 0 Å². The number of aromatic nitrogens is 4. The lowest BCUT2D eigenvalue weighted by Gasteiger charge is -2.18. The van der Waals surface area contributed by atoms with Crippen molar-refractivity contribution in [2.75, 3.05) is 13.1 Å². The summed E-state index contributed by atoms with van der Waals surface area (Å²) in [6.07, 6.45) is 10.3. The molecule has 0 aliphatic heterocycles. The second-order valence-electron chi connectivity index (χ2n) is 6.13. The fourth-order valence-electron chi connectivity index (χ4n) is 2.77. The molecule has 2 aromatic heterocycles. The Bertz CT molecular complexity index is 804. The lowest BCUT2D eigenvalue weighted by Crippen LogP contribution is -2.24. The molecule has 0 aliphatic rings. The molecule has 2 heterocycles. The Morgan fingerprint density at radius 1 is 1.08 bits per heavy atom. The molecule has 6 nitrogen and oxygen atoms in total. The molecule has 3 rings (SSSR count). The summed E-state index contributed by atoms with van der Waals surface area (Å²) in [5.41, 5.74) is 0.988. The van der Waals surface area contributed by atoms with Crippen LogP contribution in [0.5, 0.6) is 0 Å². The number of terminal acetylenes is 1. The number of furan rings is 1. The molecule has 0 aliphatic carbocycles. The van der Waals surface area contributed by atoms with Crippen LogP contribution in [0.15, 0.2) is 53.1 Å². The monoisotopic (exact) mass is 349 g/mol. The van der Waals surface area contributed by atoms with Crippen LogP contribution < -0.4 is 0 Å². The van der Waals surface area contributed by atoms with Gasteiger partial charge in [0, 0.05) is 5.56 Å². The van der Waals surface area contributed by atoms with Gasteiger partial charge in [-0.3, -0.25) is 4.90 Å². The van der Waals surface area contributed by atoms with Crippen LogP contribution in [0.2, 0.25) is 0 Å². The molecule has 0 radical (unpaired) electrons. The maximum atomic E-state index is 5.47. The van der Waals surface area contributed by atoms with E-state index in [1.165, 1.54) is 0 Å². The summed E-state index contributed by atoms with van der Waals surface area (Å²) in [7, 11) is 0. The lowest BCUT2D eigenvalue weighted by atomic mass is 10.2. The molecule has 134 valence electrons. The van der Waals surface area contributed by atoms with E-state index < -0.39 is 0 Å². The molecule has 0 spiro atoms. The summed E-state index contributed by atoms with van der Waals surface area (Å²) in [6.45, 7) is 3.10. The van der Waals surface area contributed by atoms with E-state index in [-0.39, 0.29) is 0 Å². The molecule has 0 N–H and O–H groups in total. The topological polar surface area (TPSA) is 60.0 Å².